The lowest BCUT2D eigenvalue weighted by atomic mass is 9.93. The quantitative estimate of drug-likeness (QED) is 0.580. The van der Waals surface area contributed by atoms with Crippen LogP contribution in [0, 0.1) is 17.3 Å². The number of hydrogen-bond acceptors (Lipinski definition) is 1. The normalized spacial score (nSPS) is 10.6. The van der Waals surface area contributed by atoms with E-state index < -0.39 is 0 Å². The van der Waals surface area contributed by atoms with Crippen LogP contribution in [0.3, 0.4) is 0 Å². The van der Waals surface area contributed by atoms with E-state index in [0.717, 1.165) is 24.3 Å². The second-order valence-corrected chi connectivity index (χ2v) is 5.39. The van der Waals surface area contributed by atoms with Crippen molar-refractivity contribution in [3.63, 3.8) is 0 Å². The number of hydrogen-bond donors (Lipinski definition) is 0. The SMILES string of the molecule is CC(C)(C)CCOc1cccc(C#CCCl)c1. The second-order valence-electron chi connectivity index (χ2n) is 5.12. The molecule has 92 valence electrons. The number of ether oxygens (including phenoxy) is 1. The lowest BCUT2D eigenvalue weighted by molar-refractivity contribution is 0.243. The highest BCUT2D eigenvalue weighted by atomic mass is 35.5. The summed E-state index contributed by atoms with van der Waals surface area (Å²) >= 11 is 5.52. The highest BCUT2D eigenvalue weighted by Gasteiger charge is 2.09. The van der Waals surface area contributed by atoms with Crippen LogP contribution in [0.5, 0.6) is 5.75 Å². The van der Waals surface area contributed by atoms with Crippen molar-refractivity contribution in [2.45, 2.75) is 27.2 Å². The molecule has 1 aromatic rings. The van der Waals surface area contributed by atoms with Gasteiger partial charge in [-0.25, -0.2) is 0 Å². The molecule has 0 radical (unpaired) electrons. The molecule has 0 saturated carbocycles. The summed E-state index contributed by atoms with van der Waals surface area (Å²) in [5.74, 6) is 7.04. The van der Waals surface area contributed by atoms with Crippen molar-refractivity contribution >= 4 is 11.6 Å². The van der Waals surface area contributed by atoms with Crippen molar-refractivity contribution in [1.29, 1.82) is 0 Å². The lowest BCUT2D eigenvalue weighted by Gasteiger charge is -2.18. The fourth-order valence-corrected chi connectivity index (χ4v) is 1.34. The lowest BCUT2D eigenvalue weighted by Crippen LogP contribution is -2.11. The van der Waals surface area contributed by atoms with Crippen molar-refractivity contribution in [2.24, 2.45) is 5.41 Å². The van der Waals surface area contributed by atoms with Gasteiger partial charge >= 0.3 is 0 Å². The van der Waals surface area contributed by atoms with E-state index in [0.29, 0.717) is 11.3 Å². The van der Waals surface area contributed by atoms with Gasteiger partial charge in [0.2, 0.25) is 0 Å². The number of rotatable bonds is 3. The van der Waals surface area contributed by atoms with E-state index in [-0.39, 0.29) is 0 Å². The molecule has 0 fully saturated rings. The van der Waals surface area contributed by atoms with E-state index in [1.54, 1.807) is 0 Å². The fraction of sp³-hybridized carbons (Fsp3) is 0.467. The maximum absolute atomic E-state index is 5.70. The van der Waals surface area contributed by atoms with E-state index >= 15 is 0 Å². The second kappa shape index (κ2) is 6.57. The van der Waals surface area contributed by atoms with Crippen molar-refractivity contribution in [3.05, 3.63) is 29.8 Å². The Bertz CT molecular complexity index is 407. The first-order chi connectivity index (χ1) is 8.01. The Morgan fingerprint density at radius 1 is 1.29 bits per heavy atom. The van der Waals surface area contributed by atoms with E-state index in [2.05, 4.69) is 32.6 Å². The molecule has 0 atom stereocenters. The van der Waals surface area contributed by atoms with Crippen LogP contribution in [0.15, 0.2) is 24.3 Å². The van der Waals surface area contributed by atoms with Crippen molar-refractivity contribution < 1.29 is 4.74 Å². The van der Waals surface area contributed by atoms with Crippen LogP contribution in [0.1, 0.15) is 32.8 Å². The Hall–Kier alpha value is -1.13. The summed E-state index contributed by atoms with van der Waals surface area (Å²) in [5, 5.41) is 0. The zero-order valence-corrected chi connectivity index (χ0v) is 11.5. The van der Waals surface area contributed by atoms with Gasteiger partial charge in [-0.15, -0.1) is 11.6 Å². The van der Waals surface area contributed by atoms with Gasteiger partial charge in [-0.2, -0.15) is 0 Å². The summed E-state index contributed by atoms with van der Waals surface area (Å²) in [6.07, 6.45) is 1.03. The van der Waals surface area contributed by atoms with Crippen LogP contribution in [0.4, 0.5) is 0 Å². The molecule has 0 N–H and O–H groups in total. The zero-order chi connectivity index (χ0) is 12.7. The maximum Gasteiger partial charge on any atom is 0.120 e. The smallest absolute Gasteiger partial charge is 0.120 e. The first-order valence-corrected chi connectivity index (χ1v) is 6.32. The van der Waals surface area contributed by atoms with Crippen LogP contribution in [-0.2, 0) is 0 Å². The number of benzene rings is 1. The molecule has 17 heavy (non-hydrogen) atoms. The summed E-state index contributed by atoms with van der Waals surface area (Å²) in [7, 11) is 0. The van der Waals surface area contributed by atoms with Gasteiger partial charge in [0.05, 0.1) is 12.5 Å². The molecule has 0 spiro atoms. The number of alkyl halides is 1. The molecule has 0 aromatic heterocycles. The molecule has 1 aromatic carbocycles. The third kappa shape index (κ3) is 6.24. The van der Waals surface area contributed by atoms with Crippen molar-refractivity contribution in [1.82, 2.24) is 0 Å². The van der Waals surface area contributed by atoms with E-state index in [9.17, 15) is 0 Å². The average molecular weight is 251 g/mol. The minimum absolute atomic E-state index is 0.302. The molecule has 2 heteroatoms. The summed E-state index contributed by atoms with van der Waals surface area (Å²) in [4.78, 5) is 0. The van der Waals surface area contributed by atoms with E-state index in [1.807, 2.05) is 24.3 Å². The molecule has 0 aliphatic carbocycles. The topological polar surface area (TPSA) is 9.23 Å². The van der Waals surface area contributed by atoms with Crippen LogP contribution in [-0.4, -0.2) is 12.5 Å². The summed E-state index contributed by atoms with van der Waals surface area (Å²) in [6.45, 7) is 7.35. The van der Waals surface area contributed by atoms with Gasteiger partial charge in [-0.05, 0) is 30.0 Å². The van der Waals surface area contributed by atoms with Gasteiger partial charge in [0, 0.05) is 5.56 Å². The molecular formula is C15H19ClO. The zero-order valence-electron chi connectivity index (χ0n) is 10.7. The summed E-state index contributed by atoms with van der Waals surface area (Å²) in [5.41, 5.74) is 1.25. The standard InChI is InChI=1S/C15H19ClO/c1-15(2,3)9-11-17-14-8-4-6-13(12-14)7-5-10-16/h4,6,8,12H,9-11H2,1-3H3. The molecule has 1 nitrogen and oxygen atoms in total. The Morgan fingerprint density at radius 2 is 2.06 bits per heavy atom. The van der Waals surface area contributed by atoms with Gasteiger partial charge in [-0.1, -0.05) is 38.7 Å². The third-order valence-corrected chi connectivity index (χ3v) is 2.39. The molecule has 0 aliphatic heterocycles. The Balaban J connectivity index is 2.54. The molecule has 0 amide bonds. The molecule has 0 aliphatic rings. The van der Waals surface area contributed by atoms with Gasteiger partial charge in [0.1, 0.15) is 5.75 Å². The largest absolute Gasteiger partial charge is 0.494 e. The van der Waals surface area contributed by atoms with Crippen LogP contribution in [0.2, 0.25) is 0 Å². The van der Waals surface area contributed by atoms with Crippen molar-refractivity contribution in [2.75, 3.05) is 12.5 Å². The molecule has 1 rings (SSSR count). The highest BCUT2D eigenvalue weighted by molar-refractivity contribution is 6.19. The maximum atomic E-state index is 5.70. The van der Waals surface area contributed by atoms with Gasteiger partial charge in [0.25, 0.3) is 0 Å². The molecule has 0 heterocycles. The van der Waals surface area contributed by atoms with Gasteiger partial charge in [-0.3, -0.25) is 0 Å². The first-order valence-electron chi connectivity index (χ1n) is 5.79. The predicted molar refractivity (Wildman–Crippen MR) is 73.6 cm³/mol. The molecule has 0 saturated heterocycles. The monoisotopic (exact) mass is 250 g/mol. The third-order valence-electron chi connectivity index (χ3n) is 2.25. The predicted octanol–water partition coefficient (Wildman–Crippen LogP) is 4.09. The Morgan fingerprint density at radius 3 is 2.71 bits per heavy atom. The van der Waals surface area contributed by atoms with E-state index in [1.165, 1.54) is 0 Å². The summed E-state index contributed by atoms with van der Waals surface area (Å²) in [6, 6.07) is 7.80. The van der Waals surface area contributed by atoms with E-state index in [4.69, 9.17) is 16.3 Å². The Kier molecular flexibility index (Phi) is 5.38. The molecule has 0 unspecified atom stereocenters. The van der Waals surface area contributed by atoms with Crippen molar-refractivity contribution in [3.8, 4) is 17.6 Å². The average Bonchev–Trinajstić information content (AvgIpc) is 2.25. The van der Waals surface area contributed by atoms with Crippen LogP contribution < -0.4 is 4.74 Å². The fourth-order valence-electron chi connectivity index (χ4n) is 1.27. The minimum Gasteiger partial charge on any atom is -0.494 e. The highest BCUT2D eigenvalue weighted by Crippen LogP contribution is 2.19. The van der Waals surface area contributed by atoms with Gasteiger partial charge < -0.3 is 4.74 Å². The first kappa shape index (κ1) is 13.9. The molecular weight excluding hydrogens is 232 g/mol. The van der Waals surface area contributed by atoms with Gasteiger partial charge in [0.15, 0.2) is 0 Å². The summed E-state index contributed by atoms with van der Waals surface area (Å²) < 4.78 is 5.70. The molecule has 0 bridgehead atoms. The number of halogens is 1. The minimum atomic E-state index is 0.302. The van der Waals surface area contributed by atoms with Crippen LogP contribution >= 0.6 is 11.6 Å². The Labute approximate surface area is 109 Å². The van der Waals surface area contributed by atoms with Crippen LogP contribution in [0.25, 0.3) is 0 Å².